The number of rotatable bonds is 7. The van der Waals surface area contributed by atoms with Gasteiger partial charge in [-0.2, -0.15) is 0 Å². The molecule has 2 aromatic rings. The lowest BCUT2D eigenvalue weighted by Crippen LogP contribution is -2.62. The van der Waals surface area contributed by atoms with Crippen molar-refractivity contribution in [1.29, 1.82) is 0 Å². The number of carbonyl (C=O) groups is 1. The van der Waals surface area contributed by atoms with E-state index in [1.54, 1.807) is 6.20 Å². The number of fused-ring (bicyclic) bond motifs is 1. The summed E-state index contributed by atoms with van der Waals surface area (Å²) in [5, 5.41) is 52.2. The molecular formula is C17H22N2O7. The van der Waals surface area contributed by atoms with E-state index in [1.165, 1.54) is 0 Å². The molecule has 0 unspecified atom stereocenters. The molecule has 1 aromatic carbocycles. The van der Waals surface area contributed by atoms with Crippen LogP contribution in [0.4, 0.5) is 0 Å². The van der Waals surface area contributed by atoms with Gasteiger partial charge in [0, 0.05) is 23.5 Å². The summed E-state index contributed by atoms with van der Waals surface area (Å²) in [6.07, 6.45) is -2.44. The Kier molecular flexibility index (Phi) is 5.28. The molecule has 142 valence electrons. The van der Waals surface area contributed by atoms with Crippen LogP contribution in [0.15, 0.2) is 30.5 Å². The number of aromatic amines is 1. The summed E-state index contributed by atoms with van der Waals surface area (Å²) in [5.74, 6) is -1.21. The number of aliphatic hydroxyl groups excluding tert-OH is 4. The Balaban J connectivity index is 1.85. The molecule has 0 amide bonds. The Hall–Kier alpha value is -2.01. The van der Waals surface area contributed by atoms with Gasteiger partial charge in [0.05, 0.1) is 13.2 Å². The first-order valence-electron chi connectivity index (χ1n) is 8.23. The van der Waals surface area contributed by atoms with Crippen LogP contribution in [0.3, 0.4) is 0 Å². The van der Waals surface area contributed by atoms with Gasteiger partial charge in [0.2, 0.25) is 0 Å². The minimum Gasteiger partial charge on any atom is -0.480 e. The van der Waals surface area contributed by atoms with E-state index in [0.29, 0.717) is 0 Å². The van der Waals surface area contributed by atoms with E-state index >= 15 is 0 Å². The third-order valence-electron chi connectivity index (χ3n) is 4.77. The van der Waals surface area contributed by atoms with Crippen molar-refractivity contribution in [3.05, 3.63) is 36.0 Å². The number of aromatic nitrogens is 1. The Labute approximate surface area is 148 Å². The van der Waals surface area contributed by atoms with E-state index in [4.69, 9.17) is 4.74 Å². The van der Waals surface area contributed by atoms with Gasteiger partial charge < -0.3 is 35.3 Å². The van der Waals surface area contributed by atoms with Crippen LogP contribution in [0, 0.1) is 0 Å². The van der Waals surface area contributed by atoms with Crippen LogP contribution in [0.25, 0.3) is 10.9 Å². The molecule has 9 heteroatoms. The van der Waals surface area contributed by atoms with E-state index in [2.05, 4.69) is 10.3 Å². The molecule has 1 saturated heterocycles. The van der Waals surface area contributed by atoms with Crippen molar-refractivity contribution in [2.45, 2.75) is 36.5 Å². The van der Waals surface area contributed by atoms with Crippen molar-refractivity contribution in [3.8, 4) is 0 Å². The molecule has 1 aliphatic heterocycles. The van der Waals surface area contributed by atoms with Gasteiger partial charge >= 0.3 is 5.97 Å². The fourth-order valence-electron chi connectivity index (χ4n) is 3.35. The Morgan fingerprint density at radius 3 is 2.65 bits per heavy atom. The predicted octanol–water partition coefficient (Wildman–Crippen LogP) is -1.45. The molecule has 1 aliphatic rings. The lowest BCUT2D eigenvalue weighted by atomic mass is 9.99. The maximum atomic E-state index is 11.7. The second kappa shape index (κ2) is 7.31. The van der Waals surface area contributed by atoms with Gasteiger partial charge in [0.25, 0.3) is 0 Å². The number of para-hydroxylation sites is 1. The number of carboxylic acid groups (broad SMARTS) is 1. The van der Waals surface area contributed by atoms with Gasteiger partial charge in [-0.25, -0.2) is 0 Å². The summed E-state index contributed by atoms with van der Waals surface area (Å²) in [7, 11) is 0. The smallest absolute Gasteiger partial charge is 0.321 e. The van der Waals surface area contributed by atoms with Crippen molar-refractivity contribution in [2.75, 3.05) is 13.2 Å². The zero-order valence-electron chi connectivity index (χ0n) is 13.9. The second-order valence-corrected chi connectivity index (χ2v) is 6.42. The van der Waals surface area contributed by atoms with Crippen LogP contribution in [-0.2, 0) is 16.0 Å². The van der Waals surface area contributed by atoms with Gasteiger partial charge in [-0.05, 0) is 11.6 Å². The number of carboxylic acids is 1. The van der Waals surface area contributed by atoms with E-state index in [1.807, 2.05) is 24.3 Å². The summed E-state index contributed by atoms with van der Waals surface area (Å²) in [6, 6.07) is 6.21. The highest BCUT2D eigenvalue weighted by molar-refractivity contribution is 5.84. The Morgan fingerprint density at radius 1 is 1.31 bits per heavy atom. The number of hydrogen-bond donors (Lipinski definition) is 7. The van der Waals surface area contributed by atoms with Crippen LogP contribution in [0.5, 0.6) is 0 Å². The van der Waals surface area contributed by atoms with Crippen LogP contribution in [-0.4, -0.2) is 79.8 Å². The molecule has 5 atom stereocenters. The van der Waals surface area contributed by atoms with E-state index in [-0.39, 0.29) is 6.42 Å². The number of aliphatic carboxylic acids is 1. The molecule has 7 N–H and O–H groups in total. The van der Waals surface area contributed by atoms with Crippen molar-refractivity contribution in [1.82, 2.24) is 10.3 Å². The van der Waals surface area contributed by atoms with Crippen molar-refractivity contribution in [3.63, 3.8) is 0 Å². The van der Waals surface area contributed by atoms with Gasteiger partial charge in [-0.1, -0.05) is 18.2 Å². The third-order valence-corrected chi connectivity index (χ3v) is 4.77. The number of nitrogens with one attached hydrogen (secondary N) is 2. The highest BCUT2D eigenvalue weighted by Crippen LogP contribution is 2.30. The molecule has 1 fully saturated rings. The highest BCUT2D eigenvalue weighted by Gasteiger charge is 2.55. The summed E-state index contributed by atoms with van der Waals surface area (Å²) < 4.78 is 5.38. The minimum atomic E-state index is -1.89. The first-order valence-corrected chi connectivity index (χ1v) is 8.23. The minimum absolute atomic E-state index is 0.0526. The van der Waals surface area contributed by atoms with E-state index in [0.717, 1.165) is 16.5 Å². The predicted molar refractivity (Wildman–Crippen MR) is 90.4 cm³/mol. The lowest BCUT2D eigenvalue weighted by Gasteiger charge is -2.34. The monoisotopic (exact) mass is 366 g/mol. The zero-order valence-corrected chi connectivity index (χ0v) is 13.9. The largest absolute Gasteiger partial charge is 0.480 e. The molecule has 0 saturated carbocycles. The van der Waals surface area contributed by atoms with Crippen LogP contribution in [0.1, 0.15) is 5.56 Å². The molecule has 26 heavy (non-hydrogen) atoms. The fraction of sp³-hybridized carbons (Fsp3) is 0.471. The van der Waals surface area contributed by atoms with Gasteiger partial charge in [-0.15, -0.1) is 0 Å². The summed E-state index contributed by atoms with van der Waals surface area (Å²) in [4.78, 5) is 14.8. The Bertz CT molecular complexity index is 779. The third kappa shape index (κ3) is 3.20. The van der Waals surface area contributed by atoms with Crippen LogP contribution >= 0.6 is 0 Å². The first-order chi connectivity index (χ1) is 12.4. The number of H-pyrrole nitrogens is 1. The van der Waals surface area contributed by atoms with Crippen molar-refractivity contribution < 1.29 is 35.1 Å². The molecule has 0 radical (unpaired) electrons. The summed E-state index contributed by atoms with van der Waals surface area (Å²) >= 11 is 0. The van der Waals surface area contributed by atoms with Gasteiger partial charge in [0.15, 0.2) is 5.72 Å². The van der Waals surface area contributed by atoms with Gasteiger partial charge in [-0.3, -0.25) is 10.1 Å². The van der Waals surface area contributed by atoms with Crippen LogP contribution in [0.2, 0.25) is 0 Å². The number of ether oxygens (including phenoxy) is 1. The SMILES string of the molecule is O=C(O)[C@H](Cc1c[nH]c2ccccc12)N[C@@]1(CO)O[C@H](CO)[C@@H](O)[C@@H]1O. The normalized spacial score (nSPS) is 29.9. The number of aliphatic hydroxyl groups is 4. The van der Waals surface area contributed by atoms with Crippen LogP contribution < -0.4 is 5.32 Å². The molecule has 0 spiro atoms. The van der Waals surface area contributed by atoms with E-state index in [9.17, 15) is 30.3 Å². The molecule has 2 heterocycles. The molecule has 3 rings (SSSR count). The van der Waals surface area contributed by atoms with Crippen molar-refractivity contribution in [2.24, 2.45) is 0 Å². The highest BCUT2D eigenvalue weighted by atomic mass is 16.6. The summed E-state index contributed by atoms with van der Waals surface area (Å²) in [5.41, 5.74) is -0.293. The summed E-state index contributed by atoms with van der Waals surface area (Å²) in [6.45, 7) is -1.36. The fourth-order valence-corrected chi connectivity index (χ4v) is 3.35. The standard InChI is InChI=1S/C17H22N2O7/c20-7-13-14(22)15(23)17(8-21,26-13)19-12(16(24)25)5-9-6-18-11-4-2-1-3-10(9)11/h1-4,6,12-15,18-23H,5,7-8H2,(H,24,25)/t12-,13+,14+,15-,17-/m0/s1. The average molecular weight is 366 g/mol. The second-order valence-electron chi connectivity index (χ2n) is 6.42. The number of hydrogen-bond acceptors (Lipinski definition) is 7. The molecule has 9 nitrogen and oxygen atoms in total. The maximum Gasteiger partial charge on any atom is 0.321 e. The number of benzene rings is 1. The lowest BCUT2D eigenvalue weighted by molar-refractivity contribution is -0.158. The van der Waals surface area contributed by atoms with E-state index < -0.39 is 49.3 Å². The topological polar surface area (TPSA) is 155 Å². The average Bonchev–Trinajstić information content (AvgIpc) is 3.15. The Morgan fingerprint density at radius 2 is 2.04 bits per heavy atom. The molecule has 0 bridgehead atoms. The molecule has 1 aromatic heterocycles. The van der Waals surface area contributed by atoms with Gasteiger partial charge in [0.1, 0.15) is 24.4 Å². The molecular weight excluding hydrogens is 344 g/mol. The first kappa shape index (κ1) is 18.8. The maximum absolute atomic E-state index is 11.7. The zero-order chi connectivity index (χ0) is 18.9. The molecule has 0 aliphatic carbocycles. The quantitative estimate of drug-likeness (QED) is 0.314. The van der Waals surface area contributed by atoms with Crippen molar-refractivity contribution >= 4 is 16.9 Å².